The molecule has 0 bridgehead atoms. The summed E-state index contributed by atoms with van der Waals surface area (Å²) in [7, 11) is 2.13. The molecule has 1 aliphatic heterocycles. The molecule has 1 aromatic heterocycles. The number of aromatic nitrogens is 2. The summed E-state index contributed by atoms with van der Waals surface area (Å²) in [6.45, 7) is 3.95. The number of nitriles is 1. The predicted molar refractivity (Wildman–Crippen MR) is 68.5 cm³/mol. The zero-order chi connectivity index (χ0) is 12.5. The molecule has 0 aromatic carbocycles. The van der Waals surface area contributed by atoms with Crippen molar-refractivity contribution < 1.29 is 0 Å². The first kappa shape index (κ1) is 11.4. The van der Waals surface area contributed by atoms with Gasteiger partial charge >= 0.3 is 0 Å². The molecule has 3 rings (SSSR count). The zero-order valence-electron chi connectivity index (χ0n) is 10.7. The molecule has 18 heavy (non-hydrogen) atoms. The van der Waals surface area contributed by atoms with Crippen molar-refractivity contribution in [1.82, 2.24) is 14.9 Å². The molecule has 1 saturated heterocycles. The van der Waals surface area contributed by atoms with Crippen LogP contribution >= 0.6 is 0 Å². The molecule has 1 fully saturated rings. The highest BCUT2D eigenvalue weighted by Gasteiger charge is 2.23. The highest BCUT2D eigenvalue weighted by Crippen LogP contribution is 2.25. The lowest BCUT2D eigenvalue weighted by molar-refractivity contribution is 0.311. The van der Waals surface area contributed by atoms with E-state index in [1.54, 1.807) is 0 Å². The fourth-order valence-corrected chi connectivity index (χ4v) is 2.66. The monoisotopic (exact) mass is 243 g/mol. The summed E-state index contributed by atoms with van der Waals surface area (Å²) in [5.74, 6) is 0.750. The van der Waals surface area contributed by atoms with Gasteiger partial charge in [-0.2, -0.15) is 5.26 Å². The Morgan fingerprint density at radius 2 is 1.89 bits per heavy atom. The number of hydrogen-bond acceptors (Lipinski definition) is 5. The quantitative estimate of drug-likeness (QED) is 0.722. The molecule has 5 heteroatoms. The SMILES string of the molecule is CN1CCN(c2nc(C#N)c3c(n2)CCC3)CC1. The van der Waals surface area contributed by atoms with Crippen molar-refractivity contribution in [3.8, 4) is 6.07 Å². The van der Waals surface area contributed by atoms with Crippen LogP contribution in [0.15, 0.2) is 0 Å². The molecule has 0 N–H and O–H groups in total. The molecular formula is C13H17N5. The summed E-state index contributed by atoms with van der Waals surface area (Å²) in [6.07, 6.45) is 3.05. The maximum Gasteiger partial charge on any atom is 0.226 e. The highest BCUT2D eigenvalue weighted by atomic mass is 15.3. The number of likely N-dealkylation sites (N-methyl/N-ethyl adjacent to an activating group) is 1. The van der Waals surface area contributed by atoms with Crippen LogP contribution in [0.5, 0.6) is 0 Å². The van der Waals surface area contributed by atoms with Crippen LogP contribution in [-0.2, 0) is 12.8 Å². The van der Waals surface area contributed by atoms with Gasteiger partial charge in [-0.1, -0.05) is 0 Å². The van der Waals surface area contributed by atoms with Gasteiger partial charge in [0.1, 0.15) is 11.8 Å². The molecule has 2 aliphatic rings. The first-order chi connectivity index (χ1) is 8.78. The van der Waals surface area contributed by atoms with E-state index >= 15 is 0 Å². The van der Waals surface area contributed by atoms with Gasteiger partial charge in [0.15, 0.2) is 0 Å². The van der Waals surface area contributed by atoms with Gasteiger partial charge in [-0.25, -0.2) is 9.97 Å². The summed E-state index contributed by atoms with van der Waals surface area (Å²) in [4.78, 5) is 13.6. The first-order valence-electron chi connectivity index (χ1n) is 6.51. The van der Waals surface area contributed by atoms with Crippen molar-refractivity contribution in [2.24, 2.45) is 0 Å². The summed E-state index contributed by atoms with van der Waals surface area (Å²) in [5.41, 5.74) is 2.76. The number of piperazine rings is 1. The number of fused-ring (bicyclic) bond motifs is 1. The second-order valence-corrected chi connectivity index (χ2v) is 5.05. The lowest BCUT2D eigenvalue weighted by Crippen LogP contribution is -2.45. The summed E-state index contributed by atoms with van der Waals surface area (Å²) >= 11 is 0. The maximum atomic E-state index is 9.20. The molecule has 0 radical (unpaired) electrons. The van der Waals surface area contributed by atoms with Gasteiger partial charge in [0, 0.05) is 31.7 Å². The van der Waals surface area contributed by atoms with Gasteiger partial charge < -0.3 is 9.80 Å². The van der Waals surface area contributed by atoms with E-state index in [4.69, 9.17) is 0 Å². The largest absolute Gasteiger partial charge is 0.338 e. The average molecular weight is 243 g/mol. The standard InChI is InChI=1S/C13H17N5/c1-17-5-7-18(8-6-17)13-15-11-4-2-3-10(11)12(9-14)16-13/h2-8H2,1H3. The Morgan fingerprint density at radius 3 is 2.61 bits per heavy atom. The fourth-order valence-electron chi connectivity index (χ4n) is 2.66. The second kappa shape index (κ2) is 4.54. The smallest absolute Gasteiger partial charge is 0.226 e. The number of hydrogen-bond donors (Lipinski definition) is 0. The Kier molecular flexibility index (Phi) is 2.88. The lowest BCUT2D eigenvalue weighted by atomic mass is 10.2. The minimum atomic E-state index is 0.589. The third-order valence-electron chi connectivity index (χ3n) is 3.81. The Balaban J connectivity index is 1.91. The van der Waals surface area contributed by atoms with Gasteiger partial charge in [-0.15, -0.1) is 0 Å². The second-order valence-electron chi connectivity index (χ2n) is 5.05. The number of anilines is 1. The van der Waals surface area contributed by atoms with Crippen LogP contribution in [0.2, 0.25) is 0 Å². The van der Waals surface area contributed by atoms with Crippen LogP contribution in [0.4, 0.5) is 5.95 Å². The molecule has 0 unspecified atom stereocenters. The molecule has 5 nitrogen and oxygen atoms in total. The predicted octanol–water partition coefficient (Wildman–Crippen LogP) is 0.589. The van der Waals surface area contributed by atoms with Gasteiger partial charge in [-0.05, 0) is 26.3 Å². The van der Waals surface area contributed by atoms with Crippen LogP contribution < -0.4 is 4.90 Å². The zero-order valence-corrected chi connectivity index (χ0v) is 10.7. The first-order valence-corrected chi connectivity index (χ1v) is 6.51. The van der Waals surface area contributed by atoms with Gasteiger partial charge in [0.05, 0.1) is 5.69 Å². The third kappa shape index (κ3) is 1.93. The highest BCUT2D eigenvalue weighted by molar-refractivity contribution is 5.44. The lowest BCUT2D eigenvalue weighted by Gasteiger charge is -2.32. The Hall–Kier alpha value is -1.67. The van der Waals surface area contributed by atoms with Crippen molar-refractivity contribution in [3.05, 3.63) is 17.0 Å². The molecule has 0 saturated carbocycles. The van der Waals surface area contributed by atoms with Crippen molar-refractivity contribution in [1.29, 1.82) is 5.26 Å². The van der Waals surface area contributed by atoms with E-state index in [9.17, 15) is 5.26 Å². The van der Waals surface area contributed by atoms with E-state index in [2.05, 4.69) is 32.9 Å². The molecule has 0 amide bonds. The van der Waals surface area contributed by atoms with E-state index in [-0.39, 0.29) is 0 Å². The average Bonchev–Trinajstić information content (AvgIpc) is 2.86. The maximum absolute atomic E-state index is 9.20. The topological polar surface area (TPSA) is 56.0 Å². The van der Waals surface area contributed by atoms with E-state index in [1.807, 2.05) is 0 Å². The van der Waals surface area contributed by atoms with Gasteiger partial charge in [0.2, 0.25) is 5.95 Å². The Morgan fingerprint density at radius 1 is 1.11 bits per heavy atom. The number of rotatable bonds is 1. The van der Waals surface area contributed by atoms with Crippen LogP contribution in [0.25, 0.3) is 0 Å². The number of nitrogens with zero attached hydrogens (tertiary/aromatic N) is 5. The van der Waals surface area contributed by atoms with Gasteiger partial charge in [-0.3, -0.25) is 0 Å². The fraction of sp³-hybridized carbons (Fsp3) is 0.615. The minimum Gasteiger partial charge on any atom is -0.338 e. The van der Waals surface area contributed by atoms with E-state index in [1.165, 1.54) is 0 Å². The molecule has 2 heterocycles. The van der Waals surface area contributed by atoms with Crippen LogP contribution in [0.3, 0.4) is 0 Å². The molecule has 1 aliphatic carbocycles. The van der Waals surface area contributed by atoms with Crippen molar-refractivity contribution in [2.75, 3.05) is 38.1 Å². The van der Waals surface area contributed by atoms with Crippen LogP contribution in [-0.4, -0.2) is 48.1 Å². The molecule has 1 aromatic rings. The van der Waals surface area contributed by atoms with E-state index in [0.717, 1.165) is 62.6 Å². The van der Waals surface area contributed by atoms with E-state index < -0.39 is 0 Å². The Bertz CT molecular complexity index is 497. The van der Waals surface area contributed by atoms with Crippen molar-refractivity contribution in [3.63, 3.8) is 0 Å². The summed E-state index contributed by atoms with van der Waals surface area (Å²) < 4.78 is 0. The van der Waals surface area contributed by atoms with Crippen molar-refractivity contribution >= 4 is 5.95 Å². The van der Waals surface area contributed by atoms with Crippen LogP contribution in [0.1, 0.15) is 23.4 Å². The van der Waals surface area contributed by atoms with E-state index in [0.29, 0.717) is 5.69 Å². The summed E-state index contributed by atoms with van der Waals surface area (Å²) in [5, 5.41) is 9.20. The molecule has 0 spiro atoms. The number of aryl methyl sites for hydroxylation is 1. The summed E-state index contributed by atoms with van der Waals surface area (Å²) in [6, 6.07) is 2.23. The Labute approximate surface area is 107 Å². The normalized spacial score (nSPS) is 19.7. The van der Waals surface area contributed by atoms with Crippen LogP contribution in [0, 0.1) is 11.3 Å². The molecule has 0 atom stereocenters. The molecular weight excluding hydrogens is 226 g/mol. The minimum absolute atomic E-state index is 0.589. The van der Waals surface area contributed by atoms with Gasteiger partial charge in [0.25, 0.3) is 0 Å². The van der Waals surface area contributed by atoms with Crippen molar-refractivity contribution in [2.45, 2.75) is 19.3 Å². The third-order valence-corrected chi connectivity index (χ3v) is 3.81. The molecule has 94 valence electrons.